The maximum atomic E-state index is 12.2. The number of rotatable bonds is 4. The molecule has 2 aromatic rings. The van der Waals surface area contributed by atoms with E-state index >= 15 is 0 Å². The summed E-state index contributed by atoms with van der Waals surface area (Å²) in [5.41, 5.74) is 2.86. The fourth-order valence-corrected chi connectivity index (χ4v) is 2.20. The summed E-state index contributed by atoms with van der Waals surface area (Å²) >= 11 is 0. The van der Waals surface area contributed by atoms with E-state index in [1.54, 1.807) is 18.2 Å². The molecule has 2 rings (SSSR count). The molecule has 6 nitrogen and oxygen atoms in total. The SMILES string of the molecule is Cc1cc(C(=O)Nc2cccc([N+](=O)[O-])c2)ccc1N(C)C. The average molecular weight is 299 g/mol. The van der Waals surface area contributed by atoms with E-state index < -0.39 is 4.92 Å². The van der Waals surface area contributed by atoms with E-state index in [9.17, 15) is 14.9 Å². The molecule has 0 atom stereocenters. The van der Waals surface area contributed by atoms with Gasteiger partial charge in [-0.25, -0.2) is 0 Å². The molecule has 0 heterocycles. The molecule has 0 unspecified atom stereocenters. The number of hydrogen-bond acceptors (Lipinski definition) is 4. The summed E-state index contributed by atoms with van der Waals surface area (Å²) in [5.74, 6) is -0.297. The van der Waals surface area contributed by atoms with Crippen LogP contribution in [-0.4, -0.2) is 24.9 Å². The van der Waals surface area contributed by atoms with Crippen molar-refractivity contribution in [2.45, 2.75) is 6.92 Å². The Morgan fingerprint density at radius 3 is 2.50 bits per heavy atom. The van der Waals surface area contributed by atoms with Gasteiger partial charge in [0.15, 0.2) is 0 Å². The van der Waals surface area contributed by atoms with Crippen molar-refractivity contribution in [2.75, 3.05) is 24.3 Å². The van der Waals surface area contributed by atoms with E-state index in [-0.39, 0.29) is 11.6 Å². The fraction of sp³-hybridized carbons (Fsp3) is 0.188. The van der Waals surface area contributed by atoms with Crippen molar-refractivity contribution in [1.29, 1.82) is 0 Å². The minimum Gasteiger partial charge on any atom is -0.377 e. The molecule has 1 amide bonds. The van der Waals surface area contributed by atoms with Gasteiger partial charge in [0, 0.05) is 43.2 Å². The third-order valence-corrected chi connectivity index (χ3v) is 3.26. The predicted molar refractivity (Wildman–Crippen MR) is 86.6 cm³/mol. The number of nitro benzene ring substituents is 1. The Morgan fingerprint density at radius 2 is 1.91 bits per heavy atom. The molecular weight excluding hydrogens is 282 g/mol. The number of aryl methyl sites for hydroxylation is 1. The molecule has 0 saturated carbocycles. The Kier molecular flexibility index (Phi) is 4.41. The first-order valence-corrected chi connectivity index (χ1v) is 6.72. The quantitative estimate of drug-likeness (QED) is 0.694. The molecular formula is C16H17N3O3. The van der Waals surface area contributed by atoms with Crippen LogP contribution in [0.4, 0.5) is 17.1 Å². The number of non-ortho nitro benzene ring substituents is 1. The van der Waals surface area contributed by atoms with Crippen LogP contribution < -0.4 is 10.2 Å². The lowest BCUT2D eigenvalue weighted by molar-refractivity contribution is -0.384. The molecule has 0 bridgehead atoms. The van der Waals surface area contributed by atoms with Crippen LogP contribution >= 0.6 is 0 Å². The van der Waals surface area contributed by atoms with Crippen molar-refractivity contribution < 1.29 is 9.72 Å². The molecule has 2 aromatic carbocycles. The lowest BCUT2D eigenvalue weighted by Crippen LogP contribution is -2.14. The van der Waals surface area contributed by atoms with Gasteiger partial charge in [-0.05, 0) is 36.8 Å². The van der Waals surface area contributed by atoms with Crippen LogP contribution in [0.3, 0.4) is 0 Å². The van der Waals surface area contributed by atoms with Crippen molar-refractivity contribution >= 4 is 23.0 Å². The van der Waals surface area contributed by atoms with Crippen LogP contribution in [0.1, 0.15) is 15.9 Å². The molecule has 0 radical (unpaired) electrons. The highest BCUT2D eigenvalue weighted by atomic mass is 16.6. The van der Waals surface area contributed by atoms with Gasteiger partial charge in [-0.15, -0.1) is 0 Å². The zero-order valence-corrected chi connectivity index (χ0v) is 12.7. The van der Waals surface area contributed by atoms with E-state index in [2.05, 4.69) is 5.32 Å². The van der Waals surface area contributed by atoms with Crippen LogP contribution in [0, 0.1) is 17.0 Å². The number of carbonyl (C=O) groups excluding carboxylic acids is 1. The van der Waals surface area contributed by atoms with Gasteiger partial charge in [0.05, 0.1) is 4.92 Å². The summed E-state index contributed by atoms with van der Waals surface area (Å²) in [6.45, 7) is 1.93. The fourth-order valence-electron chi connectivity index (χ4n) is 2.20. The van der Waals surface area contributed by atoms with Crippen LogP contribution in [0.25, 0.3) is 0 Å². The van der Waals surface area contributed by atoms with Crippen molar-refractivity contribution in [3.63, 3.8) is 0 Å². The highest BCUT2D eigenvalue weighted by Gasteiger charge is 2.11. The van der Waals surface area contributed by atoms with Gasteiger partial charge < -0.3 is 10.2 Å². The molecule has 114 valence electrons. The largest absolute Gasteiger partial charge is 0.377 e. The first-order chi connectivity index (χ1) is 10.4. The lowest BCUT2D eigenvalue weighted by atomic mass is 10.1. The molecule has 0 aliphatic rings. The van der Waals surface area contributed by atoms with Gasteiger partial charge in [-0.3, -0.25) is 14.9 Å². The number of carbonyl (C=O) groups is 1. The standard InChI is InChI=1S/C16H17N3O3/c1-11-9-12(7-8-15(11)18(2)3)16(20)17-13-5-4-6-14(10-13)19(21)22/h4-10H,1-3H3,(H,17,20). The topological polar surface area (TPSA) is 75.5 Å². The number of nitro groups is 1. The van der Waals surface area contributed by atoms with Crippen molar-refractivity contribution in [1.82, 2.24) is 0 Å². The van der Waals surface area contributed by atoms with Gasteiger partial charge in [-0.1, -0.05) is 6.07 Å². The average Bonchev–Trinajstić information content (AvgIpc) is 2.46. The van der Waals surface area contributed by atoms with E-state index in [0.29, 0.717) is 11.3 Å². The second-order valence-electron chi connectivity index (χ2n) is 5.16. The molecule has 1 N–H and O–H groups in total. The minimum atomic E-state index is -0.494. The number of nitrogens with one attached hydrogen (secondary N) is 1. The van der Waals surface area contributed by atoms with Gasteiger partial charge in [0.2, 0.25) is 0 Å². The highest BCUT2D eigenvalue weighted by molar-refractivity contribution is 6.04. The Bertz CT molecular complexity index is 726. The van der Waals surface area contributed by atoms with Crippen LogP contribution in [0.5, 0.6) is 0 Å². The summed E-state index contributed by atoms with van der Waals surface area (Å²) in [6, 6.07) is 11.3. The molecule has 6 heteroatoms. The van der Waals surface area contributed by atoms with E-state index in [0.717, 1.165) is 11.3 Å². The summed E-state index contributed by atoms with van der Waals surface area (Å²) in [6.07, 6.45) is 0. The minimum absolute atomic E-state index is 0.0584. The molecule has 0 fully saturated rings. The molecule has 0 spiro atoms. The molecule has 22 heavy (non-hydrogen) atoms. The zero-order chi connectivity index (χ0) is 16.3. The Labute approximate surface area is 128 Å². The maximum Gasteiger partial charge on any atom is 0.271 e. The monoisotopic (exact) mass is 299 g/mol. The molecule has 0 aromatic heterocycles. The third-order valence-electron chi connectivity index (χ3n) is 3.26. The van der Waals surface area contributed by atoms with E-state index in [1.807, 2.05) is 32.0 Å². The number of nitrogens with zero attached hydrogens (tertiary/aromatic N) is 2. The van der Waals surface area contributed by atoms with E-state index in [1.165, 1.54) is 18.2 Å². The van der Waals surface area contributed by atoms with Crippen LogP contribution in [0.2, 0.25) is 0 Å². The molecule has 0 saturated heterocycles. The van der Waals surface area contributed by atoms with Crippen LogP contribution in [0.15, 0.2) is 42.5 Å². The summed E-state index contributed by atoms with van der Waals surface area (Å²) in [4.78, 5) is 24.5. The van der Waals surface area contributed by atoms with Gasteiger partial charge in [-0.2, -0.15) is 0 Å². The second kappa shape index (κ2) is 6.26. The molecule has 0 aliphatic heterocycles. The van der Waals surface area contributed by atoms with Crippen molar-refractivity contribution in [3.05, 3.63) is 63.7 Å². The number of amides is 1. The molecule has 0 aliphatic carbocycles. The Balaban J connectivity index is 2.21. The lowest BCUT2D eigenvalue weighted by Gasteiger charge is -2.16. The number of anilines is 2. The second-order valence-corrected chi connectivity index (χ2v) is 5.16. The Hall–Kier alpha value is -2.89. The van der Waals surface area contributed by atoms with Crippen LogP contribution in [-0.2, 0) is 0 Å². The van der Waals surface area contributed by atoms with Gasteiger partial charge in [0.1, 0.15) is 0 Å². The Morgan fingerprint density at radius 1 is 1.18 bits per heavy atom. The highest BCUT2D eigenvalue weighted by Crippen LogP contribution is 2.21. The predicted octanol–water partition coefficient (Wildman–Crippen LogP) is 3.22. The summed E-state index contributed by atoms with van der Waals surface area (Å²) < 4.78 is 0. The van der Waals surface area contributed by atoms with Crippen molar-refractivity contribution in [3.8, 4) is 0 Å². The van der Waals surface area contributed by atoms with Crippen molar-refractivity contribution in [2.24, 2.45) is 0 Å². The normalized spacial score (nSPS) is 10.1. The zero-order valence-electron chi connectivity index (χ0n) is 12.7. The maximum absolute atomic E-state index is 12.2. The summed E-state index contributed by atoms with van der Waals surface area (Å²) in [5, 5.41) is 13.4. The smallest absolute Gasteiger partial charge is 0.271 e. The summed E-state index contributed by atoms with van der Waals surface area (Å²) in [7, 11) is 3.87. The first-order valence-electron chi connectivity index (χ1n) is 6.72. The number of benzene rings is 2. The van der Waals surface area contributed by atoms with Gasteiger partial charge >= 0.3 is 0 Å². The third kappa shape index (κ3) is 3.41. The first kappa shape index (κ1) is 15.5. The number of hydrogen-bond donors (Lipinski definition) is 1. The van der Waals surface area contributed by atoms with Gasteiger partial charge in [0.25, 0.3) is 11.6 Å². The van der Waals surface area contributed by atoms with E-state index in [4.69, 9.17) is 0 Å².